The quantitative estimate of drug-likeness (QED) is 0.574. The lowest BCUT2D eigenvalue weighted by Crippen LogP contribution is -2.15. The summed E-state index contributed by atoms with van der Waals surface area (Å²) < 4.78 is 21.4. The number of methoxy groups -OCH3 is 1. The van der Waals surface area contributed by atoms with E-state index < -0.39 is 0 Å². The number of aromatic nitrogens is 2. The van der Waals surface area contributed by atoms with Gasteiger partial charge < -0.3 is 9.72 Å². The van der Waals surface area contributed by atoms with E-state index in [-0.39, 0.29) is 11.7 Å². The van der Waals surface area contributed by atoms with Gasteiger partial charge in [0.2, 0.25) is 0 Å². The molecule has 1 aromatic heterocycles. The molecule has 0 fully saturated rings. The Hall–Kier alpha value is -2.11. The van der Waals surface area contributed by atoms with Crippen LogP contribution < -0.4 is 4.74 Å². The Balaban J connectivity index is 1.88. The summed E-state index contributed by atoms with van der Waals surface area (Å²) >= 11 is 11.8. The average molecular weight is 389 g/mol. The van der Waals surface area contributed by atoms with Crippen LogP contribution in [0.25, 0.3) is 5.69 Å². The predicted octanol–water partition coefficient (Wildman–Crippen LogP) is 5.80. The minimum absolute atomic E-state index is 0.169. The maximum absolute atomic E-state index is 13.4. The maximum Gasteiger partial charge on any atom is 0.182 e. The molecule has 0 spiro atoms. The summed E-state index contributed by atoms with van der Waals surface area (Å²) in [4.78, 5) is 3.34. The molecule has 134 valence electrons. The maximum atomic E-state index is 13.4. The number of nitrogens with one attached hydrogen (secondary N) is 1. The van der Waals surface area contributed by atoms with E-state index in [4.69, 9.17) is 28.6 Å². The molecule has 0 saturated heterocycles. The first-order valence-electron chi connectivity index (χ1n) is 8.51. The Labute approximate surface area is 161 Å². The lowest BCUT2D eigenvalue weighted by Gasteiger charge is -2.25. The number of imidazole rings is 1. The molecule has 2 aromatic carbocycles. The van der Waals surface area contributed by atoms with Crippen molar-refractivity contribution in [3.8, 4) is 11.4 Å². The van der Waals surface area contributed by atoms with Crippen LogP contribution in [0.15, 0.2) is 42.5 Å². The third kappa shape index (κ3) is 2.95. The molecule has 1 heterocycles. The van der Waals surface area contributed by atoms with Crippen molar-refractivity contribution in [1.82, 2.24) is 9.55 Å². The number of nitrogens with zero attached hydrogens (tertiary/aromatic N) is 1. The number of rotatable bonds is 3. The molecule has 1 aliphatic rings. The fourth-order valence-electron chi connectivity index (χ4n) is 3.73. The Morgan fingerprint density at radius 3 is 2.73 bits per heavy atom. The van der Waals surface area contributed by atoms with Gasteiger partial charge in [0, 0.05) is 17.3 Å². The Bertz CT molecular complexity index is 1010. The monoisotopic (exact) mass is 388 g/mol. The van der Waals surface area contributed by atoms with Crippen molar-refractivity contribution in [2.75, 3.05) is 7.11 Å². The van der Waals surface area contributed by atoms with Gasteiger partial charge in [0.15, 0.2) is 4.77 Å². The van der Waals surface area contributed by atoms with Gasteiger partial charge in [0.25, 0.3) is 0 Å². The second-order valence-corrected chi connectivity index (χ2v) is 7.24. The van der Waals surface area contributed by atoms with Crippen LogP contribution in [0.5, 0.6) is 5.75 Å². The minimum atomic E-state index is -0.261. The molecule has 1 atom stereocenters. The highest BCUT2D eigenvalue weighted by Crippen LogP contribution is 2.40. The average Bonchev–Trinajstić information content (AvgIpc) is 2.99. The summed E-state index contributed by atoms with van der Waals surface area (Å²) in [7, 11) is 1.62. The van der Waals surface area contributed by atoms with Gasteiger partial charge in [-0.25, -0.2) is 4.39 Å². The van der Waals surface area contributed by atoms with Gasteiger partial charge in [-0.3, -0.25) is 4.57 Å². The third-order valence-corrected chi connectivity index (χ3v) is 5.52. The first-order valence-corrected chi connectivity index (χ1v) is 9.30. The fraction of sp³-hybridized carbons (Fsp3) is 0.250. The van der Waals surface area contributed by atoms with Crippen LogP contribution >= 0.6 is 23.8 Å². The highest BCUT2D eigenvalue weighted by molar-refractivity contribution is 7.71. The molecule has 1 unspecified atom stereocenters. The van der Waals surface area contributed by atoms with Crippen molar-refractivity contribution in [3.63, 3.8) is 0 Å². The van der Waals surface area contributed by atoms with Crippen molar-refractivity contribution < 1.29 is 9.13 Å². The number of H-pyrrole nitrogens is 1. The van der Waals surface area contributed by atoms with E-state index in [1.807, 2.05) is 22.8 Å². The smallest absolute Gasteiger partial charge is 0.182 e. The van der Waals surface area contributed by atoms with Gasteiger partial charge in [-0.1, -0.05) is 17.7 Å². The summed E-state index contributed by atoms with van der Waals surface area (Å²) in [6, 6.07) is 12.3. The lowest BCUT2D eigenvalue weighted by atomic mass is 9.84. The zero-order valence-electron chi connectivity index (χ0n) is 14.3. The second kappa shape index (κ2) is 6.89. The van der Waals surface area contributed by atoms with Crippen LogP contribution in [0.2, 0.25) is 5.02 Å². The molecule has 1 aliphatic carbocycles. The predicted molar refractivity (Wildman–Crippen MR) is 104 cm³/mol. The number of hydrogen-bond donors (Lipinski definition) is 1. The van der Waals surface area contributed by atoms with Crippen LogP contribution in [-0.2, 0) is 6.42 Å². The normalized spacial score (nSPS) is 16.3. The Morgan fingerprint density at radius 1 is 1.23 bits per heavy atom. The van der Waals surface area contributed by atoms with Crippen molar-refractivity contribution in [2.24, 2.45) is 0 Å². The van der Waals surface area contributed by atoms with E-state index in [0.29, 0.717) is 15.5 Å². The standard InChI is InChI=1S/C20H18ClFN2OS/c1-25-18-11-12(5-10-16(18)21)15-3-2-4-17-19(15)24(20(26)23-17)14-8-6-13(22)7-9-14/h5-11,15H,2-4H2,1H3,(H,23,26). The van der Waals surface area contributed by atoms with E-state index >= 15 is 0 Å². The number of halogens is 2. The first-order chi connectivity index (χ1) is 12.6. The van der Waals surface area contributed by atoms with Crippen LogP contribution in [0, 0.1) is 10.6 Å². The number of aromatic amines is 1. The summed E-state index contributed by atoms with van der Waals surface area (Å²) in [5, 5.41) is 0.594. The molecular formula is C20H18ClFN2OS. The van der Waals surface area contributed by atoms with Gasteiger partial charge in [-0.2, -0.15) is 0 Å². The van der Waals surface area contributed by atoms with Crippen LogP contribution in [0.3, 0.4) is 0 Å². The number of aryl methyl sites for hydroxylation is 1. The molecular weight excluding hydrogens is 371 g/mol. The largest absolute Gasteiger partial charge is 0.495 e. The summed E-state index contributed by atoms with van der Waals surface area (Å²) in [5.74, 6) is 0.574. The van der Waals surface area contributed by atoms with Crippen molar-refractivity contribution in [2.45, 2.75) is 25.2 Å². The van der Waals surface area contributed by atoms with E-state index in [9.17, 15) is 4.39 Å². The number of benzene rings is 2. The summed E-state index contributed by atoms with van der Waals surface area (Å²) in [6.45, 7) is 0. The first kappa shape index (κ1) is 17.3. The van der Waals surface area contributed by atoms with E-state index in [0.717, 1.165) is 41.9 Å². The highest BCUT2D eigenvalue weighted by atomic mass is 35.5. The molecule has 0 saturated carbocycles. The fourth-order valence-corrected chi connectivity index (χ4v) is 4.26. The molecule has 0 amide bonds. The van der Waals surface area contributed by atoms with E-state index in [1.165, 1.54) is 12.1 Å². The Kier molecular flexibility index (Phi) is 4.59. The molecule has 1 N–H and O–H groups in total. The van der Waals surface area contributed by atoms with Crippen LogP contribution in [0.4, 0.5) is 4.39 Å². The van der Waals surface area contributed by atoms with Crippen LogP contribution in [0.1, 0.15) is 35.7 Å². The zero-order valence-corrected chi connectivity index (χ0v) is 15.8. The third-order valence-electron chi connectivity index (χ3n) is 4.92. The summed E-state index contributed by atoms with van der Waals surface area (Å²) in [6.07, 6.45) is 3.03. The molecule has 26 heavy (non-hydrogen) atoms. The number of ether oxygens (including phenoxy) is 1. The van der Waals surface area contributed by atoms with Gasteiger partial charge >= 0.3 is 0 Å². The SMILES string of the molecule is COc1cc(C2CCCc3[nH]c(=S)n(-c4ccc(F)cc4)c32)ccc1Cl. The van der Waals surface area contributed by atoms with Crippen molar-refractivity contribution in [1.29, 1.82) is 0 Å². The minimum Gasteiger partial charge on any atom is -0.495 e. The van der Waals surface area contributed by atoms with Crippen molar-refractivity contribution in [3.05, 3.63) is 75.0 Å². The van der Waals surface area contributed by atoms with Crippen LogP contribution in [-0.4, -0.2) is 16.7 Å². The molecule has 3 nitrogen and oxygen atoms in total. The second-order valence-electron chi connectivity index (χ2n) is 6.44. The number of hydrogen-bond acceptors (Lipinski definition) is 2. The van der Waals surface area contributed by atoms with Gasteiger partial charge in [0.05, 0.1) is 17.8 Å². The topological polar surface area (TPSA) is 29.9 Å². The van der Waals surface area contributed by atoms with Gasteiger partial charge in [0.1, 0.15) is 11.6 Å². The van der Waals surface area contributed by atoms with Crippen molar-refractivity contribution >= 4 is 23.8 Å². The lowest BCUT2D eigenvalue weighted by molar-refractivity contribution is 0.414. The molecule has 0 bridgehead atoms. The molecule has 4 rings (SSSR count). The number of fused-ring (bicyclic) bond motifs is 1. The van der Waals surface area contributed by atoms with E-state index in [2.05, 4.69) is 4.98 Å². The summed E-state index contributed by atoms with van der Waals surface area (Å²) in [5.41, 5.74) is 4.28. The van der Waals surface area contributed by atoms with E-state index in [1.54, 1.807) is 19.2 Å². The Morgan fingerprint density at radius 2 is 2.00 bits per heavy atom. The zero-order chi connectivity index (χ0) is 18.3. The van der Waals surface area contributed by atoms with Gasteiger partial charge in [-0.15, -0.1) is 0 Å². The van der Waals surface area contributed by atoms with Gasteiger partial charge in [-0.05, 0) is 73.4 Å². The highest BCUT2D eigenvalue weighted by Gasteiger charge is 2.28. The molecule has 0 radical (unpaired) electrons. The molecule has 3 aromatic rings. The molecule has 0 aliphatic heterocycles. The molecule has 6 heteroatoms.